The van der Waals surface area contributed by atoms with Crippen LogP contribution in [-0.4, -0.2) is 15.6 Å². The number of rotatable bonds is 7. The minimum Gasteiger partial charge on any atom is -0.299 e. The third kappa shape index (κ3) is 3.69. The molecule has 1 heterocycles. The molecule has 1 atom stereocenters. The summed E-state index contributed by atoms with van der Waals surface area (Å²) < 4.78 is 1.95. The Morgan fingerprint density at radius 2 is 1.94 bits per heavy atom. The van der Waals surface area contributed by atoms with E-state index in [4.69, 9.17) is 0 Å². The monoisotopic (exact) mass is 236 g/mol. The lowest BCUT2D eigenvalue weighted by Gasteiger charge is -2.10. The van der Waals surface area contributed by atoms with Crippen molar-refractivity contribution in [1.82, 2.24) is 9.78 Å². The van der Waals surface area contributed by atoms with Crippen molar-refractivity contribution in [1.29, 1.82) is 0 Å². The van der Waals surface area contributed by atoms with Gasteiger partial charge in [-0.3, -0.25) is 9.48 Å². The number of ketones is 1. The van der Waals surface area contributed by atoms with Crippen LogP contribution in [0.3, 0.4) is 0 Å². The number of hydrogen-bond acceptors (Lipinski definition) is 2. The van der Waals surface area contributed by atoms with Gasteiger partial charge in [-0.15, -0.1) is 0 Å². The highest BCUT2D eigenvalue weighted by atomic mass is 16.1. The molecule has 96 valence electrons. The first-order valence-electron chi connectivity index (χ1n) is 6.69. The molecule has 1 unspecified atom stereocenters. The van der Waals surface area contributed by atoms with Crippen LogP contribution in [0.25, 0.3) is 0 Å². The van der Waals surface area contributed by atoms with Gasteiger partial charge in [0.25, 0.3) is 0 Å². The molecule has 0 saturated heterocycles. The second kappa shape index (κ2) is 6.58. The lowest BCUT2D eigenvalue weighted by Crippen LogP contribution is -2.16. The van der Waals surface area contributed by atoms with E-state index >= 15 is 0 Å². The average molecular weight is 236 g/mol. The molecule has 0 aliphatic heterocycles. The van der Waals surface area contributed by atoms with Crippen molar-refractivity contribution in [2.24, 2.45) is 5.92 Å². The van der Waals surface area contributed by atoms with Crippen molar-refractivity contribution < 1.29 is 4.79 Å². The van der Waals surface area contributed by atoms with E-state index in [2.05, 4.69) is 32.8 Å². The van der Waals surface area contributed by atoms with Gasteiger partial charge in [-0.1, -0.05) is 20.8 Å². The Hall–Kier alpha value is -1.12. The summed E-state index contributed by atoms with van der Waals surface area (Å²) in [5, 5.41) is 4.47. The normalized spacial score (nSPS) is 13.0. The van der Waals surface area contributed by atoms with Crippen molar-refractivity contribution in [3.05, 3.63) is 18.0 Å². The first-order valence-corrected chi connectivity index (χ1v) is 6.69. The molecule has 1 rings (SSSR count). The van der Waals surface area contributed by atoms with E-state index in [1.165, 1.54) is 0 Å². The highest BCUT2D eigenvalue weighted by Gasteiger charge is 2.16. The fourth-order valence-corrected chi connectivity index (χ4v) is 1.97. The number of nitrogens with zero attached hydrogens (tertiary/aromatic N) is 2. The van der Waals surface area contributed by atoms with Crippen LogP contribution >= 0.6 is 0 Å². The predicted molar refractivity (Wildman–Crippen MR) is 70.0 cm³/mol. The van der Waals surface area contributed by atoms with Crippen molar-refractivity contribution >= 4 is 5.78 Å². The van der Waals surface area contributed by atoms with Crippen molar-refractivity contribution in [2.75, 3.05) is 0 Å². The minimum atomic E-state index is 0.198. The fraction of sp³-hybridized carbons (Fsp3) is 0.714. The molecule has 0 spiro atoms. The van der Waals surface area contributed by atoms with Gasteiger partial charge in [0.15, 0.2) is 0 Å². The van der Waals surface area contributed by atoms with Crippen LogP contribution in [-0.2, 0) is 11.2 Å². The van der Waals surface area contributed by atoms with Crippen molar-refractivity contribution in [3.63, 3.8) is 0 Å². The highest BCUT2D eigenvalue weighted by Crippen LogP contribution is 2.14. The van der Waals surface area contributed by atoms with Gasteiger partial charge in [0.2, 0.25) is 0 Å². The van der Waals surface area contributed by atoms with E-state index in [0.717, 1.165) is 25.0 Å². The number of Topliss-reactive ketones (excluding diaryl/α,β-unsaturated/α-hetero) is 1. The summed E-state index contributed by atoms with van der Waals surface area (Å²) in [7, 11) is 0. The molecule has 17 heavy (non-hydrogen) atoms. The van der Waals surface area contributed by atoms with Gasteiger partial charge in [0, 0.05) is 18.2 Å². The fourth-order valence-electron chi connectivity index (χ4n) is 1.97. The molecule has 0 fully saturated rings. The number of aromatic nitrogens is 2. The molecule has 0 saturated carbocycles. The quantitative estimate of drug-likeness (QED) is 0.727. The predicted octanol–water partition coefficient (Wildman–Crippen LogP) is 3.40. The lowest BCUT2D eigenvalue weighted by molar-refractivity contribution is -0.122. The van der Waals surface area contributed by atoms with E-state index in [0.29, 0.717) is 18.2 Å². The molecule has 3 heteroatoms. The second-order valence-corrected chi connectivity index (χ2v) is 4.70. The van der Waals surface area contributed by atoms with E-state index in [-0.39, 0.29) is 5.92 Å². The second-order valence-electron chi connectivity index (χ2n) is 4.70. The molecule has 0 aliphatic carbocycles. The Bertz CT molecular complexity index is 353. The first-order chi connectivity index (χ1) is 8.12. The van der Waals surface area contributed by atoms with Crippen molar-refractivity contribution in [3.8, 4) is 0 Å². The van der Waals surface area contributed by atoms with Crippen LogP contribution in [0.1, 0.15) is 58.7 Å². The minimum absolute atomic E-state index is 0.198. The number of carbonyl (C=O) groups is 1. The van der Waals surface area contributed by atoms with Gasteiger partial charge in [0.1, 0.15) is 5.78 Å². The Labute approximate surface area is 104 Å². The molecule has 0 aliphatic rings. The summed E-state index contributed by atoms with van der Waals surface area (Å²) in [4.78, 5) is 12.0. The molecular weight excluding hydrogens is 212 g/mol. The number of carbonyl (C=O) groups excluding carboxylic acids is 1. The Morgan fingerprint density at radius 1 is 1.29 bits per heavy atom. The van der Waals surface area contributed by atoms with Gasteiger partial charge < -0.3 is 0 Å². The summed E-state index contributed by atoms with van der Waals surface area (Å²) in [6.07, 6.45) is 5.38. The van der Waals surface area contributed by atoms with Gasteiger partial charge in [-0.2, -0.15) is 5.10 Å². The average Bonchev–Trinajstić information content (AvgIpc) is 2.78. The number of hydrogen-bond donors (Lipinski definition) is 0. The van der Waals surface area contributed by atoms with E-state index in [1.807, 2.05) is 16.9 Å². The molecule has 0 aromatic carbocycles. The van der Waals surface area contributed by atoms with Crippen LogP contribution in [0.5, 0.6) is 0 Å². The van der Waals surface area contributed by atoms with E-state index < -0.39 is 0 Å². The molecule has 0 amide bonds. The highest BCUT2D eigenvalue weighted by molar-refractivity contribution is 5.82. The van der Waals surface area contributed by atoms with Gasteiger partial charge >= 0.3 is 0 Å². The smallest absolute Gasteiger partial charge is 0.141 e. The maximum Gasteiger partial charge on any atom is 0.141 e. The van der Waals surface area contributed by atoms with E-state index in [1.54, 1.807) is 0 Å². The SMILES string of the molecule is CCC(CC)C(=O)Cc1ccn(C(C)CC)n1. The standard InChI is InChI=1S/C14H24N2O/c1-5-11(4)16-9-8-13(15-16)10-14(17)12(6-2)7-3/h8-9,11-12H,5-7,10H2,1-4H3. The molecule has 3 nitrogen and oxygen atoms in total. The molecule has 1 aromatic heterocycles. The maximum atomic E-state index is 12.0. The molecular formula is C14H24N2O. The summed E-state index contributed by atoms with van der Waals surface area (Å²) >= 11 is 0. The van der Waals surface area contributed by atoms with Gasteiger partial charge in [0.05, 0.1) is 12.1 Å². The Morgan fingerprint density at radius 3 is 2.47 bits per heavy atom. The van der Waals surface area contributed by atoms with Gasteiger partial charge in [-0.25, -0.2) is 0 Å². The topological polar surface area (TPSA) is 34.9 Å². The molecule has 0 radical (unpaired) electrons. The lowest BCUT2D eigenvalue weighted by atomic mass is 9.95. The Balaban J connectivity index is 2.63. The van der Waals surface area contributed by atoms with Crippen LogP contribution in [0.4, 0.5) is 0 Å². The summed E-state index contributed by atoms with van der Waals surface area (Å²) in [5.74, 6) is 0.521. The third-order valence-electron chi connectivity index (χ3n) is 3.50. The molecule has 0 N–H and O–H groups in total. The zero-order chi connectivity index (χ0) is 12.8. The third-order valence-corrected chi connectivity index (χ3v) is 3.50. The van der Waals surface area contributed by atoms with Crippen LogP contribution in [0.2, 0.25) is 0 Å². The largest absolute Gasteiger partial charge is 0.299 e. The summed E-state index contributed by atoms with van der Waals surface area (Å²) in [6, 6.07) is 2.37. The van der Waals surface area contributed by atoms with Gasteiger partial charge in [-0.05, 0) is 32.3 Å². The zero-order valence-electron chi connectivity index (χ0n) is 11.4. The molecule has 0 bridgehead atoms. The van der Waals surface area contributed by atoms with Crippen LogP contribution in [0.15, 0.2) is 12.3 Å². The summed E-state index contributed by atoms with van der Waals surface area (Å²) in [6.45, 7) is 8.43. The zero-order valence-corrected chi connectivity index (χ0v) is 11.4. The van der Waals surface area contributed by atoms with E-state index in [9.17, 15) is 4.79 Å². The maximum absolute atomic E-state index is 12.0. The first kappa shape index (κ1) is 13.9. The molecule has 1 aromatic rings. The Kier molecular flexibility index (Phi) is 5.39. The summed E-state index contributed by atoms with van der Waals surface area (Å²) in [5.41, 5.74) is 0.905. The van der Waals surface area contributed by atoms with Crippen molar-refractivity contribution in [2.45, 2.75) is 59.4 Å². The van der Waals surface area contributed by atoms with Crippen LogP contribution in [0, 0.1) is 5.92 Å². The van der Waals surface area contributed by atoms with Crippen LogP contribution < -0.4 is 0 Å².